The molecule has 5 heteroatoms. The number of hydrogen-bond donors (Lipinski definition) is 1. The SMILES string of the molecule is COc1cc(-n2c(=S)[nH]c3cccc(C)c32)ccc1Br. The molecule has 0 atom stereocenters. The lowest BCUT2D eigenvalue weighted by molar-refractivity contribution is 0.412. The summed E-state index contributed by atoms with van der Waals surface area (Å²) in [5.74, 6) is 0.785. The molecule has 0 bridgehead atoms. The van der Waals surface area contributed by atoms with Crippen molar-refractivity contribution in [3.05, 3.63) is 51.2 Å². The summed E-state index contributed by atoms with van der Waals surface area (Å²) < 4.78 is 9.00. The molecular formula is C15H13BrN2OS. The van der Waals surface area contributed by atoms with Gasteiger partial charge in [-0.2, -0.15) is 0 Å². The Kier molecular flexibility index (Phi) is 3.40. The molecule has 3 rings (SSSR count). The molecule has 0 spiro atoms. The summed E-state index contributed by atoms with van der Waals surface area (Å²) in [4.78, 5) is 3.24. The van der Waals surface area contributed by atoms with Crippen molar-refractivity contribution in [1.82, 2.24) is 9.55 Å². The number of benzene rings is 2. The first-order chi connectivity index (χ1) is 9.61. The molecule has 0 saturated heterocycles. The summed E-state index contributed by atoms with van der Waals surface area (Å²) in [6, 6.07) is 12.1. The summed E-state index contributed by atoms with van der Waals surface area (Å²) in [6.07, 6.45) is 0. The van der Waals surface area contributed by atoms with Gasteiger partial charge in [-0.15, -0.1) is 0 Å². The van der Waals surface area contributed by atoms with Gasteiger partial charge in [0.05, 0.1) is 28.3 Å². The lowest BCUT2D eigenvalue weighted by Gasteiger charge is -2.09. The monoisotopic (exact) mass is 348 g/mol. The lowest BCUT2D eigenvalue weighted by atomic mass is 10.2. The number of para-hydroxylation sites is 1. The van der Waals surface area contributed by atoms with E-state index in [1.807, 2.05) is 34.9 Å². The van der Waals surface area contributed by atoms with Gasteiger partial charge in [0.15, 0.2) is 4.77 Å². The highest BCUT2D eigenvalue weighted by molar-refractivity contribution is 9.10. The van der Waals surface area contributed by atoms with Gasteiger partial charge >= 0.3 is 0 Å². The maximum Gasteiger partial charge on any atom is 0.182 e. The van der Waals surface area contributed by atoms with Crippen LogP contribution in [0, 0.1) is 11.7 Å². The fraction of sp³-hybridized carbons (Fsp3) is 0.133. The average Bonchev–Trinajstić information content (AvgIpc) is 2.77. The zero-order chi connectivity index (χ0) is 14.3. The molecule has 20 heavy (non-hydrogen) atoms. The molecule has 0 unspecified atom stereocenters. The summed E-state index contributed by atoms with van der Waals surface area (Å²) >= 11 is 8.93. The summed E-state index contributed by atoms with van der Waals surface area (Å²) in [5, 5.41) is 0. The quantitative estimate of drug-likeness (QED) is 0.676. The van der Waals surface area contributed by atoms with Crippen molar-refractivity contribution in [2.24, 2.45) is 0 Å². The third-order valence-corrected chi connectivity index (χ3v) is 4.24. The highest BCUT2D eigenvalue weighted by Gasteiger charge is 2.10. The van der Waals surface area contributed by atoms with Gasteiger partial charge in [-0.25, -0.2) is 0 Å². The molecular weight excluding hydrogens is 336 g/mol. The van der Waals surface area contributed by atoms with Gasteiger partial charge < -0.3 is 9.72 Å². The van der Waals surface area contributed by atoms with E-state index in [0.29, 0.717) is 4.77 Å². The Bertz CT molecular complexity index is 851. The number of fused-ring (bicyclic) bond motifs is 1. The first-order valence-corrected chi connectivity index (χ1v) is 7.36. The van der Waals surface area contributed by atoms with Crippen molar-refractivity contribution >= 4 is 39.2 Å². The molecule has 0 saturated carbocycles. The summed E-state index contributed by atoms with van der Waals surface area (Å²) in [7, 11) is 1.66. The van der Waals surface area contributed by atoms with E-state index in [-0.39, 0.29) is 0 Å². The van der Waals surface area contributed by atoms with Gasteiger partial charge in [0, 0.05) is 6.07 Å². The number of aromatic amines is 1. The molecule has 1 heterocycles. The van der Waals surface area contributed by atoms with E-state index in [4.69, 9.17) is 17.0 Å². The molecule has 0 fully saturated rings. The average molecular weight is 349 g/mol. The van der Waals surface area contributed by atoms with E-state index >= 15 is 0 Å². The predicted molar refractivity (Wildman–Crippen MR) is 87.4 cm³/mol. The highest BCUT2D eigenvalue weighted by atomic mass is 79.9. The van der Waals surface area contributed by atoms with Crippen LogP contribution < -0.4 is 4.74 Å². The van der Waals surface area contributed by atoms with Crippen LogP contribution in [0.3, 0.4) is 0 Å². The Morgan fingerprint density at radius 3 is 2.80 bits per heavy atom. The Labute approximate surface area is 130 Å². The first kappa shape index (κ1) is 13.4. The number of H-pyrrole nitrogens is 1. The molecule has 3 nitrogen and oxygen atoms in total. The van der Waals surface area contributed by atoms with Crippen LogP contribution in [0.4, 0.5) is 0 Å². The van der Waals surface area contributed by atoms with E-state index in [1.165, 1.54) is 5.56 Å². The van der Waals surface area contributed by atoms with Crippen molar-refractivity contribution < 1.29 is 4.74 Å². The van der Waals surface area contributed by atoms with Crippen LogP contribution in [0.15, 0.2) is 40.9 Å². The first-order valence-electron chi connectivity index (χ1n) is 6.16. The van der Waals surface area contributed by atoms with E-state index in [9.17, 15) is 0 Å². The second kappa shape index (κ2) is 5.07. The van der Waals surface area contributed by atoms with Crippen LogP contribution in [-0.2, 0) is 0 Å². The van der Waals surface area contributed by atoms with Crippen LogP contribution in [0.5, 0.6) is 5.75 Å². The second-order valence-electron chi connectivity index (χ2n) is 4.56. The van der Waals surface area contributed by atoms with Gasteiger partial charge in [-0.3, -0.25) is 4.57 Å². The van der Waals surface area contributed by atoms with Crippen molar-refractivity contribution in [3.8, 4) is 11.4 Å². The van der Waals surface area contributed by atoms with E-state index in [0.717, 1.165) is 26.9 Å². The van der Waals surface area contributed by atoms with Crippen LogP contribution in [0.25, 0.3) is 16.7 Å². The molecule has 0 radical (unpaired) electrons. The molecule has 3 aromatic rings. The number of nitrogens with zero attached hydrogens (tertiary/aromatic N) is 1. The third-order valence-electron chi connectivity index (χ3n) is 3.30. The summed E-state index contributed by atoms with van der Waals surface area (Å²) in [5.41, 5.74) is 4.30. The molecule has 0 aliphatic heterocycles. The zero-order valence-corrected chi connectivity index (χ0v) is 13.5. The molecule has 0 aliphatic rings. The van der Waals surface area contributed by atoms with Crippen molar-refractivity contribution in [1.29, 1.82) is 0 Å². The van der Waals surface area contributed by atoms with Crippen LogP contribution >= 0.6 is 28.1 Å². The van der Waals surface area contributed by atoms with Crippen molar-refractivity contribution in [2.75, 3.05) is 7.11 Å². The van der Waals surface area contributed by atoms with Gasteiger partial charge in [-0.1, -0.05) is 12.1 Å². The fourth-order valence-electron chi connectivity index (χ4n) is 2.36. The lowest BCUT2D eigenvalue weighted by Crippen LogP contribution is -1.96. The normalized spacial score (nSPS) is 10.9. The molecule has 2 aromatic carbocycles. The molecule has 1 N–H and O–H groups in total. The number of aryl methyl sites for hydroxylation is 1. The minimum Gasteiger partial charge on any atom is -0.495 e. The highest BCUT2D eigenvalue weighted by Crippen LogP contribution is 2.29. The maximum atomic E-state index is 5.46. The molecule has 0 aliphatic carbocycles. The minimum absolute atomic E-state index is 0.679. The predicted octanol–water partition coefficient (Wildman–Crippen LogP) is 4.77. The smallest absolute Gasteiger partial charge is 0.182 e. The Morgan fingerprint density at radius 2 is 2.05 bits per heavy atom. The Hall–Kier alpha value is -1.59. The van der Waals surface area contributed by atoms with Gasteiger partial charge in [0.25, 0.3) is 0 Å². The summed E-state index contributed by atoms with van der Waals surface area (Å²) in [6.45, 7) is 2.08. The number of methoxy groups -OCH3 is 1. The van der Waals surface area contributed by atoms with E-state index < -0.39 is 0 Å². The second-order valence-corrected chi connectivity index (χ2v) is 5.80. The number of halogens is 1. The van der Waals surface area contributed by atoms with Crippen LogP contribution in [0.1, 0.15) is 5.56 Å². The van der Waals surface area contributed by atoms with Crippen molar-refractivity contribution in [2.45, 2.75) is 6.92 Å². The van der Waals surface area contributed by atoms with E-state index in [1.54, 1.807) is 7.11 Å². The zero-order valence-electron chi connectivity index (χ0n) is 11.1. The number of imidazole rings is 1. The number of nitrogens with one attached hydrogen (secondary N) is 1. The van der Waals surface area contributed by atoms with Crippen molar-refractivity contribution in [3.63, 3.8) is 0 Å². The fourth-order valence-corrected chi connectivity index (χ4v) is 3.08. The topological polar surface area (TPSA) is 29.9 Å². The maximum absolute atomic E-state index is 5.46. The Balaban J connectivity index is 2.35. The van der Waals surface area contributed by atoms with Gasteiger partial charge in [-0.05, 0) is 58.8 Å². The van der Waals surface area contributed by atoms with Gasteiger partial charge in [0.2, 0.25) is 0 Å². The third kappa shape index (κ3) is 2.07. The van der Waals surface area contributed by atoms with E-state index in [2.05, 4.69) is 33.9 Å². The van der Waals surface area contributed by atoms with Crippen LogP contribution in [0.2, 0.25) is 0 Å². The molecule has 0 amide bonds. The number of aromatic nitrogens is 2. The Morgan fingerprint density at radius 1 is 1.25 bits per heavy atom. The molecule has 1 aromatic heterocycles. The standard InChI is InChI=1S/C15H13BrN2OS/c1-9-4-3-5-12-14(9)18(15(20)17-12)10-6-7-11(16)13(8-10)19-2/h3-8H,1-2H3,(H,17,20). The molecule has 102 valence electrons. The number of rotatable bonds is 2. The largest absolute Gasteiger partial charge is 0.495 e. The van der Waals surface area contributed by atoms with Gasteiger partial charge in [0.1, 0.15) is 5.75 Å². The minimum atomic E-state index is 0.679. The number of ether oxygens (including phenoxy) is 1. The van der Waals surface area contributed by atoms with Crippen LogP contribution in [-0.4, -0.2) is 16.7 Å². The number of hydrogen-bond acceptors (Lipinski definition) is 2.